The summed E-state index contributed by atoms with van der Waals surface area (Å²) >= 11 is 0. The lowest BCUT2D eigenvalue weighted by molar-refractivity contribution is -0.109. The minimum atomic E-state index is -3.10. The Morgan fingerprint density at radius 2 is 2.25 bits per heavy atom. The Balaban J connectivity index is 2.84. The van der Waals surface area contributed by atoms with Crippen molar-refractivity contribution in [2.75, 3.05) is 6.26 Å². The zero-order valence-electron chi connectivity index (χ0n) is 6.73. The van der Waals surface area contributed by atoms with Crippen LogP contribution >= 0.6 is 0 Å². The molecule has 0 aliphatic heterocycles. The first-order valence-corrected chi connectivity index (χ1v) is 5.47. The largest absolute Gasteiger partial charge is 0.303 e. The van der Waals surface area contributed by atoms with Crippen LogP contribution in [0.5, 0.6) is 0 Å². The van der Waals surface area contributed by atoms with E-state index in [1.54, 1.807) is 12.2 Å². The van der Waals surface area contributed by atoms with Crippen molar-refractivity contribution in [1.82, 2.24) is 0 Å². The monoisotopic (exact) mass is 186 g/mol. The van der Waals surface area contributed by atoms with Gasteiger partial charge in [-0.05, 0) is 12.5 Å². The molecule has 0 N–H and O–H groups in total. The second-order valence-electron chi connectivity index (χ2n) is 2.77. The zero-order valence-corrected chi connectivity index (χ0v) is 7.54. The van der Waals surface area contributed by atoms with Crippen LogP contribution in [0, 0.1) is 5.92 Å². The SMILES string of the molecule is CS(=O)(=O)C1=CCC(C=O)C=C1. The standard InChI is InChI=1S/C8H10O3S/c1-12(10,11)8-4-2-7(6-9)3-5-8/h2,4-7H,3H2,1H3. The Morgan fingerprint density at radius 1 is 1.58 bits per heavy atom. The topological polar surface area (TPSA) is 51.2 Å². The van der Waals surface area contributed by atoms with Crippen LogP contribution in [0.15, 0.2) is 23.1 Å². The second kappa shape index (κ2) is 3.23. The van der Waals surface area contributed by atoms with Crippen LogP contribution in [0.2, 0.25) is 0 Å². The number of carbonyl (C=O) groups excluding carboxylic acids is 1. The van der Waals surface area contributed by atoms with E-state index in [0.717, 1.165) is 12.5 Å². The molecule has 0 aromatic carbocycles. The third-order valence-electron chi connectivity index (χ3n) is 1.70. The summed E-state index contributed by atoms with van der Waals surface area (Å²) in [7, 11) is -3.10. The van der Waals surface area contributed by atoms with Gasteiger partial charge in [0.15, 0.2) is 9.84 Å². The van der Waals surface area contributed by atoms with Crippen molar-refractivity contribution in [3.63, 3.8) is 0 Å². The smallest absolute Gasteiger partial charge is 0.175 e. The van der Waals surface area contributed by atoms with E-state index in [1.807, 2.05) is 0 Å². The second-order valence-corrected chi connectivity index (χ2v) is 4.79. The first-order chi connectivity index (χ1) is 5.54. The fraction of sp³-hybridized carbons (Fsp3) is 0.375. The van der Waals surface area contributed by atoms with E-state index in [2.05, 4.69) is 0 Å². The predicted octanol–water partition coefficient (Wildman–Crippen LogP) is 0.690. The molecule has 1 atom stereocenters. The average Bonchev–Trinajstić information content (AvgIpc) is 2.03. The summed E-state index contributed by atoms with van der Waals surface area (Å²) in [6.07, 6.45) is 7.13. The van der Waals surface area contributed by atoms with Gasteiger partial charge >= 0.3 is 0 Å². The number of sulfone groups is 1. The summed E-state index contributed by atoms with van der Waals surface area (Å²) in [6.45, 7) is 0. The molecule has 0 aromatic rings. The number of allylic oxidation sites excluding steroid dienone is 3. The highest BCUT2D eigenvalue weighted by atomic mass is 32.2. The molecular weight excluding hydrogens is 176 g/mol. The summed E-state index contributed by atoms with van der Waals surface area (Å²) < 4.78 is 21.9. The molecule has 1 aliphatic carbocycles. The van der Waals surface area contributed by atoms with Gasteiger partial charge in [0.25, 0.3) is 0 Å². The van der Waals surface area contributed by atoms with Gasteiger partial charge in [0.1, 0.15) is 6.29 Å². The van der Waals surface area contributed by atoms with Crippen LogP contribution in [-0.2, 0) is 14.6 Å². The third kappa shape index (κ3) is 2.04. The van der Waals surface area contributed by atoms with E-state index in [4.69, 9.17) is 0 Å². The van der Waals surface area contributed by atoms with Crippen molar-refractivity contribution in [3.05, 3.63) is 23.1 Å². The molecule has 1 rings (SSSR count). The van der Waals surface area contributed by atoms with Crippen LogP contribution in [0.3, 0.4) is 0 Å². The quantitative estimate of drug-likeness (QED) is 0.596. The summed E-state index contributed by atoms with van der Waals surface area (Å²) in [5, 5.41) is 0. The summed E-state index contributed by atoms with van der Waals surface area (Å²) in [4.78, 5) is 10.6. The molecule has 0 aromatic heterocycles. The van der Waals surface area contributed by atoms with Gasteiger partial charge in [-0.25, -0.2) is 8.42 Å². The van der Waals surface area contributed by atoms with E-state index >= 15 is 0 Å². The number of hydrogen-bond acceptors (Lipinski definition) is 3. The van der Waals surface area contributed by atoms with E-state index in [0.29, 0.717) is 11.3 Å². The van der Waals surface area contributed by atoms with Crippen LogP contribution in [0.4, 0.5) is 0 Å². The van der Waals surface area contributed by atoms with Crippen LogP contribution < -0.4 is 0 Å². The van der Waals surface area contributed by atoms with Gasteiger partial charge in [-0.3, -0.25) is 0 Å². The molecule has 0 spiro atoms. The maximum Gasteiger partial charge on any atom is 0.175 e. The van der Waals surface area contributed by atoms with E-state index in [-0.39, 0.29) is 5.92 Å². The molecule has 0 bridgehead atoms. The molecule has 4 heteroatoms. The Hall–Kier alpha value is -0.900. The van der Waals surface area contributed by atoms with Gasteiger partial charge in [-0.1, -0.05) is 12.2 Å². The molecule has 0 heterocycles. The number of aldehydes is 1. The van der Waals surface area contributed by atoms with Gasteiger partial charge in [-0.15, -0.1) is 0 Å². The fourth-order valence-electron chi connectivity index (χ4n) is 0.993. The highest BCUT2D eigenvalue weighted by Gasteiger charge is 2.13. The molecule has 0 fully saturated rings. The summed E-state index contributed by atoms with van der Waals surface area (Å²) in [6, 6.07) is 0. The van der Waals surface area contributed by atoms with Crippen LogP contribution in [0.1, 0.15) is 6.42 Å². The third-order valence-corrected chi connectivity index (χ3v) is 2.86. The molecule has 3 nitrogen and oxygen atoms in total. The minimum absolute atomic E-state index is 0.157. The highest BCUT2D eigenvalue weighted by molar-refractivity contribution is 7.94. The normalized spacial score (nSPS) is 23.4. The van der Waals surface area contributed by atoms with Gasteiger partial charge in [0, 0.05) is 12.2 Å². The lowest BCUT2D eigenvalue weighted by atomic mass is 10.0. The number of hydrogen-bond donors (Lipinski definition) is 0. The molecule has 66 valence electrons. The predicted molar refractivity (Wildman–Crippen MR) is 46.2 cm³/mol. The van der Waals surface area contributed by atoms with Crippen molar-refractivity contribution in [2.45, 2.75) is 6.42 Å². The van der Waals surface area contributed by atoms with Crippen LogP contribution in [-0.4, -0.2) is 21.0 Å². The number of rotatable bonds is 2. The molecule has 1 unspecified atom stereocenters. The molecule has 12 heavy (non-hydrogen) atoms. The average molecular weight is 186 g/mol. The lowest BCUT2D eigenvalue weighted by Crippen LogP contribution is -2.06. The highest BCUT2D eigenvalue weighted by Crippen LogP contribution is 2.17. The van der Waals surface area contributed by atoms with Crippen molar-refractivity contribution in [3.8, 4) is 0 Å². The van der Waals surface area contributed by atoms with Crippen molar-refractivity contribution in [1.29, 1.82) is 0 Å². The van der Waals surface area contributed by atoms with E-state index in [1.165, 1.54) is 6.08 Å². The van der Waals surface area contributed by atoms with Gasteiger partial charge in [-0.2, -0.15) is 0 Å². The molecular formula is C8H10O3S. The first kappa shape index (κ1) is 9.19. The maximum atomic E-state index is 11.0. The Bertz CT molecular complexity index is 335. The van der Waals surface area contributed by atoms with Crippen molar-refractivity contribution in [2.24, 2.45) is 5.92 Å². The fourth-order valence-corrected chi connectivity index (χ4v) is 1.72. The Morgan fingerprint density at radius 3 is 2.58 bits per heavy atom. The van der Waals surface area contributed by atoms with Gasteiger partial charge in [0.05, 0.1) is 4.91 Å². The molecule has 0 saturated carbocycles. The summed E-state index contributed by atoms with van der Waals surface area (Å²) in [5.74, 6) is -0.157. The summed E-state index contributed by atoms with van der Waals surface area (Å²) in [5.41, 5.74) is 0. The van der Waals surface area contributed by atoms with Crippen LogP contribution in [0.25, 0.3) is 0 Å². The Kier molecular flexibility index (Phi) is 2.47. The maximum absolute atomic E-state index is 11.0. The van der Waals surface area contributed by atoms with E-state index in [9.17, 15) is 13.2 Å². The van der Waals surface area contributed by atoms with Crippen molar-refractivity contribution < 1.29 is 13.2 Å². The molecule has 0 radical (unpaired) electrons. The Labute approximate surface area is 71.7 Å². The molecule has 0 saturated heterocycles. The van der Waals surface area contributed by atoms with Gasteiger partial charge in [0.2, 0.25) is 0 Å². The zero-order chi connectivity index (χ0) is 9.19. The molecule has 1 aliphatic rings. The lowest BCUT2D eigenvalue weighted by Gasteiger charge is -2.08. The van der Waals surface area contributed by atoms with Crippen molar-refractivity contribution >= 4 is 16.1 Å². The number of carbonyl (C=O) groups is 1. The minimum Gasteiger partial charge on any atom is -0.303 e. The molecule has 0 amide bonds. The van der Waals surface area contributed by atoms with E-state index < -0.39 is 9.84 Å². The van der Waals surface area contributed by atoms with Gasteiger partial charge < -0.3 is 4.79 Å². The first-order valence-electron chi connectivity index (χ1n) is 3.58.